The summed E-state index contributed by atoms with van der Waals surface area (Å²) in [6.07, 6.45) is -2.20. The molecular formula is C14H8F3N3O3. The Bertz CT molecular complexity index is 840. The van der Waals surface area contributed by atoms with E-state index in [-0.39, 0.29) is 28.1 Å². The van der Waals surface area contributed by atoms with Crippen LogP contribution in [-0.4, -0.2) is 26.4 Å². The Balaban J connectivity index is 2.44. The minimum absolute atomic E-state index is 0.0202. The van der Waals surface area contributed by atoms with Gasteiger partial charge in [0.2, 0.25) is 0 Å². The van der Waals surface area contributed by atoms with Crippen molar-refractivity contribution in [1.29, 1.82) is 0 Å². The number of carboxylic acids is 1. The van der Waals surface area contributed by atoms with Crippen LogP contribution in [0, 0.1) is 0 Å². The number of rotatable bonds is 3. The lowest BCUT2D eigenvalue weighted by molar-refractivity contribution is -0.137. The molecule has 0 fully saturated rings. The van der Waals surface area contributed by atoms with Gasteiger partial charge in [0.15, 0.2) is 5.76 Å². The topological polar surface area (TPSA) is 92.0 Å². The molecule has 3 aromatic rings. The van der Waals surface area contributed by atoms with Gasteiger partial charge >= 0.3 is 12.1 Å². The first-order valence-corrected chi connectivity index (χ1v) is 6.28. The maximum Gasteiger partial charge on any atom is 0.417 e. The van der Waals surface area contributed by atoms with Crippen LogP contribution in [0.15, 0.2) is 41.2 Å². The van der Waals surface area contributed by atoms with Crippen molar-refractivity contribution in [3.63, 3.8) is 0 Å². The largest absolute Gasteiger partial charge is 0.478 e. The second-order valence-corrected chi connectivity index (χ2v) is 4.56. The quantitative estimate of drug-likeness (QED) is 0.770. The van der Waals surface area contributed by atoms with Gasteiger partial charge in [-0.05, 0) is 18.2 Å². The lowest BCUT2D eigenvalue weighted by Gasteiger charge is -2.16. The van der Waals surface area contributed by atoms with Crippen LogP contribution >= 0.6 is 0 Å². The average molecular weight is 323 g/mol. The summed E-state index contributed by atoms with van der Waals surface area (Å²) < 4.78 is 45.0. The summed E-state index contributed by atoms with van der Waals surface area (Å²) in [5.41, 5.74) is -1.88. The number of aromatic nitrogens is 3. The van der Waals surface area contributed by atoms with Crippen molar-refractivity contribution in [2.24, 2.45) is 0 Å². The van der Waals surface area contributed by atoms with Gasteiger partial charge in [0.1, 0.15) is 0 Å². The molecule has 0 atom stereocenters. The number of aromatic carboxylic acids is 1. The lowest BCUT2D eigenvalue weighted by atomic mass is 9.91. The SMILES string of the molecule is O=C(O)c1ccc(C(F)(F)F)c(-c2ccn[nH]2)c1-c1ccno1. The van der Waals surface area contributed by atoms with Crippen molar-refractivity contribution in [3.05, 3.63) is 47.8 Å². The fraction of sp³-hybridized carbons (Fsp3) is 0.0714. The first-order valence-electron chi connectivity index (χ1n) is 6.28. The molecule has 0 aliphatic rings. The number of alkyl halides is 3. The molecule has 2 N–H and O–H groups in total. The highest BCUT2D eigenvalue weighted by atomic mass is 19.4. The third kappa shape index (κ3) is 2.56. The molecule has 0 unspecified atom stereocenters. The van der Waals surface area contributed by atoms with Gasteiger partial charge in [-0.1, -0.05) is 5.16 Å². The van der Waals surface area contributed by atoms with E-state index in [2.05, 4.69) is 15.4 Å². The lowest BCUT2D eigenvalue weighted by Crippen LogP contribution is -2.11. The fourth-order valence-electron chi connectivity index (χ4n) is 2.29. The molecule has 2 aromatic heterocycles. The zero-order valence-corrected chi connectivity index (χ0v) is 11.3. The molecular weight excluding hydrogens is 315 g/mol. The fourth-order valence-corrected chi connectivity index (χ4v) is 2.29. The van der Waals surface area contributed by atoms with E-state index < -0.39 is 17.7 Å². The molecule has 0 saturated carbocycles. The molecule has 0 radical (unpaired) electrons. The van der Waals surface area contributed by atoms with Crippen molar-refractivity contribution in [3.8, 4) is 22.6 Å². The molecule has 9 heteroatoms. The molecule has 6 nitrogen and oxygen atoms in total. The van der Waals surface area contributed by atoms with Gasteiger partial charge in [-0.15, -0.1) is 0 Å². The summed E-state index contributed by atoms with van der Waals surface area (Å²) in [6, 6.07) is 4.22. The molecule has 118 valence electrons. The number of nitrogens with zero attached hydrogens (tertiary/aromatic N) is 2. The van der Waals surface area contributed by atoms with Crippen molar-refractivity contribution in [2.45, 2.75) is 6.18 Å². The van der Waals surface area contributed by atoms with Gasteiger partial charge in [-0.25, -0.2) is 4.79 Å². The van der Waals surface area contributed by atoms with Gasteiger partial charge < -0.3 is 9.63 Å². The molecule has 2 heterocycles. The first kappa shape index (κ1) is 14.8. The van der Waals surface area contributed by atoms with Crippen LogP contribution in [0.4, 0.5) is 13.2 Å². The van der Waals surface area contributed by atoms with E-state index in [1.165, 1.54) is 24.5 Å². The van der Waals surface area contributed by atoms with Crippen molar-refractivity contribution >= 4 is 5.97 Å². The number of carbonyl (C=O) groups is 1. The Morgan fingerprint density at radius 1 is 1.13 bits per heavy atom. The van der Waals surface area contributed by atoms with E-state index in [1.54, 1.807) is 0 Å². The molecule has 0 bridgehead atoms. The third-order valence-corrected chi connectivity index (χ3v) is 3.20. The van der Waals surface area contributed by atoms with Crippen LogP contribution in [-0.2, 0) is 6.18 Å². The number of halogens is 3. The second kappa shape index (κ2) is 5.27. The van der Waals surface area contributed by atoms with Crippen LogP contribution < -0.4 is 0 Å². The summed E-state index contributed by atoms with van der Waals surface area (Å²) in [6.45, 7) is 0. The summed E-state index contributed by atoms with van der Waals surface area (Å²) in [4.78, 5) is 11.4. The summed E-state index contributed by atoms with van der Waals surface area (Å²) in [5.74, 6) is -1.47. The molecule has 0 saturated heterocycles. The number of carboxylic acid groups (broad SMARTS) is 1. The van der Waals surface area contributed by atoms with Crippen molar-refractivity contribution < 1.29 is 27.6 Å². The van der Waals surface area contributed by atoms with Crippen molar-refractivity contribution in [2.75, 3.05) is 0 Å². The highest BCUT2D eigenvalue weighted by Gasteiger charge is 2.37. The Hall–Kier alpha value is -3.10. The van der Waals surface area contributed by atoms with E-state index in [9.17, 15) is 23.1 Å². The maximum absolute atomic E-state index is 13.4. The van der Waals surface area contributed by atoms with E-state index >= 15 is 0 Å². The highest BCUT2D eigenvalue weighted by Crippen LogP contribution is 2.43. The van der Waals surface area contributed by atoms with E-state index in [4.69, 9.17) is 4.52 Å². The van der Waals surface area contributed by atoms with Crippen LogP contribution in [0.2, 0.25) is 0 Å². The van der Waals surface area contributed by atoms with Gasteiger partial charge in [0, 0.05) is 23.4 Å². The number of aromatic amines is 1. The number of benzene rings is 1. The van der Waals surface area contributed by atoms with Crippen LogP contribution in [0.1, 0.15) is 15.9 Å². The third-order valence-electron chi connectivity index (χ3n) is 3.20. The number of H-pyrrole nitrogens is 1. The summed E-state index contributed by atoms with van der Waals surface area (Å²) in [7, 11) is 0. The number of hydrogen-bond acceptors (Lipinski definition) is 4. The molecule has 3 rings (SSSR count). The van der Waals surface area contributed by atoms with E-state index in [0.717, 1.165) is 12.1 Å². The average Bonchev–Trinajstić information content (AvgIpc) is 3.18. The molecule has 0 aliphatic carbocycles. The molecule has 0 aliphatic heterocycles. The van der Waals surface area contributed by atoms with Crippen LogP contribution in [0.5, 0.6) is 0 Å². The highest BCUT2D eigenvalue weighted by molar-refractivity contribution is 6.00. The number of nitrogens with one attached hydrogen (secondary N) is 1. The van der Waals surface area contributed by atoms with E-state index in [1.807, 2.05) is 0 Å². The zero-order chi connectivity index (χ0) is 16.6. The predicted octanol–water partition coefficient (Wildman–Crippen LogP) is 3.45. The standard InChI is InChI=1S/C14H8F3N3O3/c15-14(16,17)8-2-1-7(13(21)22)11(10-4-6-19-23-10)12(8)9-3-5-18-20-9/h1-6H,(H,18,20)(H,21,22). The molecule has 23 heavy (non-hydrogen) atoms. The first-order chi connectivity index (χ1) is 10.9. The number of hydrogen-bond donors (Lipinski definition) is 2. The monoisotopic (exact) mass is 323 g/mol. The maximum atomic E-state index is 13.4. The van der Waals surface area contributed by atoms with Crippen molar-refractivity contribution in [1.82, 2.24) is 15.4 Å². The minimum atomic E-state index is -4.69. The Labute approximate surface area is 126 Å². The van der Waals surface area contributed by atoms with Crippen LogP contribution in [0.25, 0.3) is 22.6 Å². The normalized spacial score (nSPS) is 11.6. The predicted molar refractivity (Wildman–Crippen MR) is 71.5 cm³/mol. The Morgan fingerprint density at radius 2 is 1.91 bits per heavy atom. The second-order valence-electron chi connectivity index (χ2n) is 4.56. The van der Waals surface area contributed by atoms with Crippen LogP contribution in [0.3, 0.4) is 0 Å². The Kier molecular flexibility index (Phi) is 3.40. The minimum Gasteiger partial charge on any atom is -0.478 e. The van der Waals surface area contributed by atoms with Gasteiger partial charge in [0.25, 0.3) is 0 Å². The summed E-state index contributed by atoms with van der Waals surface area (Å²) >= 11 is 0. The summed E-state index contributed by atoms with van der Waals surface area (Å²) in [5, 5.41) is 18.8. The zero-order valence-electron chi connectivity index (χ0n) is 11.3. The molecule has 1 aromatic carbocycles. The van der Waals surface area contributed by atoms with Gasteiger partial charge in [-0.3, -0.25) is 5.10 Å². The smallest absolute Gasteiger partial charge is 0.417 e. The molecule has 0 spiro atoms. The van der Waals surface area contributed by atoms with Gasteiger partial charge in [-0.2, -0.15) is 18.3 Å². The van der Waals surface area contributed by atoms with E-state index in [0.29, 0.717) is 0 Å². The van der Waals surface area contributed by atoms with Gasteiger partial charge in [0.05, 0.1) is 23.0 Å². The molecule has 0 amide bonds. The Morgan fingerprint density at radius 3 is 2.43 bits per heavy atom.